The molecule has 28 heavy (non-hydrogen) atoms. The van der Waals surface area contributed by atoms with E-state index in [1.807, 2.05) is 23.0 Å². The van der Waals surface area contributed by atoms with Crippen LogP contribution in [0.2, 0.25) is 0 Å². The predicted molar refractivity (Wildman–Crippen MR) is 107 cm³/mol. The SMILES string of the molecule is CC(C)(O)c1cn(CC2CCN(C3CCN(c4ccc(F)cc4)C3)CC2)nn1. The Morgan fingerprint density at radius 1 is 1.11 bits per heavy atom. The van der Waals surface area contributed by atoms with Crippen LogP contribution in [-0.2, 0) is 12.1 Å². The molecule has 0 radical (unpaired) electrons. The van der Waals surface area contributed by atoms with Crippen LogP contribution in [0.4, 0.5) is 10.1 Å². The Hall–Kier alpha value is -1.99. The molecule has 3 heterocycles. The first-order valence-electron chi connectivity index (χ1n) is 10.3. The van der Waals surface area contributed by atoms with Crippen LogP contribution in [0.3, 0.4) is 0 Å². The van der Waals surface area contributed by atoms with E-state index in [1.54, 1.807) is 26.0 Å². The first-order valence-corrected chi connectivity index (χ1v) is 10.3. The lowest BCUT2D eigenvalue weighted by molar-refractivity contribution is 0.0737. The Morgan fingerprint density at radius 2 is 1.82 bits per heavy atom. The lowest BCUT2D eigenvalue weighted by Gasteiger charge is -2.36. The van der Waals surface area contributed by atoms with Crippen molar-refractivity contribution in [2.45, 2.75) is 51.3 Å². The van der Waals surface area contributed by atoms with E-state index in [0.29, 0.717) is 17.7 Å². The van der Waals surface area contributed by atoms with Crippen molar-refractivity contribution >= 4 is 5.69 Å². The number of halogens is 1. The van der Waals surface area contributed by atoms with E-state index in [9.17, 15) is 9.50 Å². The molecule has 1 unspecified atom stereocenters. The lowest BCUT2D eigenvalue weighted by Crippen LogP contribution is -2.43. The van der Waals surface area contributed by atoms with Crippen LogP contribution in [0.1, 0.15) is 38.8 Å². The van der Waals surface area contributed by atoms with Crippen molar-refractivity contribution in [2.75, 3.05) is 31.1 Å². The van der Waals surface area contributed by atoms with Crippen LogP contribution in [0, 0.1) is 11.7 Å². The highest BCUT2D eigenvalue weighted by Gasteiger charge is 2.31. The maximum atomic E-state index is 13.1. The van der Waals surface area contributed by atoms with Crippen molar-refractivity contribution in [3.05, 3.63) is 42.0 Å². The monoisotopic (exact) mass is 387 g/mol. The zero-order valence-electron chi connectivity index (χ0n) is 16.8. The second kappa shape index (κ2) is 7.79. The molecule has 0 amide bonds. The summed E-state index contributed by atoms with van der Waals surface area (Å²) in [5.41, 5.74) is 0.796. The smallest absolute Gasteiger partial charge is 0.123 e. The number of likely N-dealkylation sites (tertiary alicyclic amines) is 1. The van der Waals surface area contributed by atoms with Gasteiger partial charge in [0.15, 0.2) is 0 Å². The number of benzene rings is 1. The third kappa shape index (κ3) is 4.36. The zero-order valence-corrected chi connectivity index (χ0v) is 16.8. The fourth-order valence-corrected chi connectivity index (χ4v) is 4.36. The fraction of sp³-hybridized carbons (Fsp3) is 0.619. The van der Waals surface area contributed by atoms with Crippen molar-refractivity contribution in [1.29, 1.82) is 0 Å². The van der Waals surface area contributed by atoms with Gasteiger partial charge in [0.25, 0.3) is 0 Å². The summed E-state index contributed by atoms with van der Waals surface area (Å²) >= 11 is 0. The van der Waals surface area contributed by atoms with Gasteiger partial charge in [-0.05, 0) is 76.4 Å². The molecule has 2 aromatic rings. The van der Waals surface area contributed by atoms with Crippen molar-refractivity contribution in [3.8, 4) is 0 Å². The summed E-state index contributed by atoms with van der Waals surface area (Å²) < 4.78 is 15.0. The molecule has 152 valence electrons. The number of aliphatic hydroxyl groups is 1. The van der Waals surface area contributed by atoms with Gasteiger partial charge in [-0.2, -0.15) is 0 Å². The van der Waals surface area contributed by atoms with Crippen molar-refractivity contribution in [3.63, 3.8) is 0 Å². The summed E-state index contributed by atoms with van der Waals surface area (Å²) in [7, 11) is 0. The predicted octanol–water partition coefficient (Wildman–Crippen LogP) is 2.64. The average molecular weight is 388 g/mol. The van der Waals surface area contributed by atoms with Gasteiger partial charge in [-0.3, -0.25) is 9.58 Å². The van der Waals surface area contributed by atoms with Crippen LogP contribution in [-0.4, -0.2) is 57.2 Å². The minimum atomic E-state index is -0.944. The molecule has 6 nitrogen and oxygen atoms in total. The Bertz CT molecular complexity index is 777. The van der Waals surface area contributed by atoms with Gasteiger partial charge in [-0.25, -0.2) is 4.39 Å². The van der Waals surface area contributed by atoms with Crippen molar-refractivity contribution in [2.24, 2.45) is 5.92 Å². The molecule has 2 saturated heterocycles. The van der Waals surface area contributed by atoms with Gasteiger partial charge in [0, 0.05) is 31.4 Å². The molecule has 2 aliphatic rings. The number of rotatable bonds is 5. The summed E-state index contributed by atoms with van der Waals surface area (Å²) in [5.74, 6) is 0.422. The molecule has 1 atom stereocenters. The lowest BCUT2D eigenvalue weighted by atomic mass is 9.95. The summed E-state index contributed by atoms with van der Waals surface area (Å²) in [6.45, 7) is 8.61. The summed E-state index contributed by atoms with van der Waals surface area (Å²) in [4.78, 5) is 4.98. The Kier molecular flexibility index (Phi) is 5.38. The first kappa shape index (κ1) is 19.3. The minimum absolute atomic E-state index is 0.177. The number of aromatic nitrogens is 3. The van der Waals surface area contributed by atoms with Gasteiger partial charge in [0.05, 0.1) is 6.20 Å². The number of anilines is 1. The summed E-state index contributed by atoms with van der Waals surface area (Å²) in [6.07, 6.45) is 5.35. The van der Waals surface area contributed by atoms with E-state index in [2.05, 4.69) is 20.1 Å². The van der Waals surface area contributed by atoms with Crippen LogP contribution in [0.15, 0.2) is 30.5 Å². The topological polar surface area (TPSA) is 57.4 Å². The summed E-state index contributed by atoms with van der Waals surface area (Å²) in [5, 5.41) is 18.3. The van der Waals surface area contributed by atoms with Crippen LogP contribution in [0.5, 0.6) is 0 Å². The van der Waals surface area contributed by atoms with Crippen molar-refractivity contribution < 1.29 is 9.50 Å². The molecule has 7 heteroatoms. The molecule has 2 fully saturated rings. The van der Waals surface area contributed by atoms with Gasteiger partial charge < -0.3 is 10.0 Å². The fourth-order valence-electron chi connectivity index (χ4n) is 4.36. The van der Waals surface area contributed by atoms with E-state index in [0.717, 1.165) is 51.3 Å². The molecule has 0 saturated carbocycles. The second-order valence-electron chi connectivity index (χ2n) is 8.73. The molecular formula is C21H30FN5O. The maximum Gasteiger partial charge on any atom is 0.123 e. The van der Waals surface area contributed by atoms with Gasteiger partial charge in [-0.15, -0.1) is 5.10 Å². The van der Waals surface area contributed by atoms with Crippen LogP contribution >= 0.6 is 0 Å². The Morgan fingerprint density at radius 3 is 2.46 bits per heavy atom. The number of hydrogen-bond donors (Lipinski definition) is 1. The molecular weight excluding hydrogens is 357 g/mol. The standard InChI is InChI=1S/C21H30FN5O/c1-21(2,28)20-15-27(24-23-20)13-16-7-10-25(11-8-16)19-9-12-26(14-19)18-5-3-17(22)4-6-18/h3-6,15-16,19,28H,7-14H2,1-2H3. The number of hydrogen-bond acceptors (Lipinski definition) is 5. The molecule has 1 aromatic heterocycles. The van der Waals surface area contributed by atoms with Crippen LogP contribution < -0.4 is 4.90 Å². The highest BCUT2D eigenvalue weighted by atomic mass is 19.1. The molecule has 2 aliphatic heterocycles. The van der Waals surface area contributed by atoms with E-state index >= 15 is 0 Å². The van der Waals surface area contributed by atoms with E-state index < -0.39 is 5.60 Å². The first-order chi connectivity index (χ1) is 13.4. The Balaban J connectivity index is 1.26. The second-order valence-corrected chi connectivity index (χ2v) is 8.73. The maximum absolute atomic E-state index is 13.1. The minimum Gasteiger partial charge on any atom is -0.384 e. The highest BCUT2D eigenvalue weighted by Crippen LogP contribution is 2.27. The van der Waals surface area contributed by atoms with Crippen LogP contribution in [0.25, 0.3) is 0 Å². The molecule has 1 N–H and O–H groups in total. The molecule has 0 bridgehead atoms. The normalized spacial score (nSPS) is 22.1. The third-order valence-electron chi connectivity index (χ3n) is 6.13. The van der Waals surface area contributed by atoms with E-state index in [-0.39, 0.29) is 5.82 Å². The van der Waals surface area contributed by atoms with Gasteiger partial charge in [-0.1, -0.05) is 5.21 Å². The zero-order chi connectivity index (χ0) is 19.7. The Labute approximate surface area is 165 Å². The quantitative estimate of drug-likeness (QED) is 0.855. The highest BCUT2D eigenvalue weighted by molar-refractivity contribution is 5.47. The van der Waals surface area contributed by atoms with Gasteiger partial charge in [0.2, 0.25) is 0 Å². The largest absolute Gasteiger partial charge is 0.384 e. The van der Waals surface area contributed by atoms with Gasteiger partial charge >= 0.3 is 0 Å². The third-order valence-corrected chi connectivity index (χ3v) is 6.13. The van der Waals surface area contributed by atoms with E-state index in [4.69, 9.17) is 0 Å². The number of nitrogens with zero attached hydrogens (tertiary/aromatic N) is 5. The molecule has 4 rings (SSSR count). The van der Waals surface area contributed by atoms with E-state index in [1.165, 1.54) is 6.42 Å². The average Bonchev–Trinajstić information content (AvgIpc) is 3.33. The number of piperidine rings is 1. The van der Waals surface area contributed by atoms with Gasteiger partial charge in [0.1, 0.15) is 17.1 Å². The molecule has 0 spiro atoms. The van der Waals surface area contributed by atoms with Crippen molar-refractivity contribution in [1.82, 2.24) is 19.9 Å². The molecule has 0 aliphatic carbocycles. The summed E-state index contributed by atoms with van der Waals surface area (Å²) in [6, 6.07) is 7.43. The molecule has 1 aromatic carbocycles.